The fourth-order valence-electron chi connectivity index (χ4n) is 1.47. The molecule has 104 valence electrons. The van der Waals surface area contributed by atoms with Gasteiger partial charge in [-0.3, -0.25) is 14.8 Å². The molecule has 0 unspecified atom stereocenters. The number of carbonyl (C=O) groups excluding carboxylic acids is 1. The van der Waals surface area contributed by atoms with Crippen LogP contribution in [0.5, 0.6) is 0 Å². The van der Waals surface area contributed by atoms with Crippen LogP contribution < -0.4 is 5.32 Å². The van der Waals surface area contributed by atoms with Crippen molar-refractivity contribution in [3.63, 3.8) is 0 Å². The van der Waals surface area contributed by atoms with Gasteiger partial charge in [-0.25, -0.2) is 0 Å². The maximum Gasteiger partial charge on any atom is 0.433 e. The zero-order valence-electron chi connectivity index (χ0n) is 10.2. The summed E-state index contributed by atoms with van der Waals surface area (Å²) in [5.74, 6) is -0.398. The fourth-order valence-corrected chi connectivity index (χ4v) is 1.47. The predicted molar refractivity (Wildman–Crippen MR) is 64.6 cm³/mol. The molecule has 0 saturated heterocycles. The van der Waals surface area contributed by atoms with Crippen molar-refractivity contribution < 1.29 is 18.0 Å². The van der Waals surface area contributed by atoms with Gasteiger partial charge in [0, 0.05) is 18.9 Å². The highest BCUT2D eigenvalue weighted by Gasteiger charge is 2.31. The van der Waals surface area contributed by atoms with Gasteiger partial charge < -0.3 is 5.32 Å². The molecule has 0 aliphatic heterocycles. The summed E-state index contributed by atoms with van der Waals surface area (Å²) in [6, 6.07) is 7.04. The first-order valence-corrected chi connectivity index (χ1v) is 5.68. The average Bonchev–Trinajstić information content (AvgIpc) is 2.45. The van der Waals surface area contributed by atoms with Gasteiger partial charge in [-0.1, -0.05) is 12.1 Å². The molecule has 0 fully saturated rings. The molecule has 2 aromatic heterocycles. The largest absolute Gasteiger partial charge is 0.433 e. The number of pyridine rings is 2. The van der Waals surface area contributed by atoms with E-state index in [-0.39, 0.29) is 12.2 Å². The molecule has 0 spiro atoms. The number of alkyl halides is 3. The fraction of sp³-hybridized carbons (Fsp3) is 0.154. The highest BCUT2D eigenvalue weighted by Crippen LogP contribution is 2.27. The zero-order valence-corrected chi connectivity index (χ0v) is 10.2. The highest BCUT2D eigenvalue weighted by atomic mass is 19.4. The Labute approximate surface area is 112 Å². The lowest BCUT2D eigenvalue weighted by Gasteiger charge is -2.07. The van der Waals surface area contributed by atoms with Crippen LogP contribution in [-0.4, -0.2) is 15.9 Å². The maximum atomic E-state index is 12.3. The van der Waals surface area contributed by atoms with E-state index in [0.717, 1.165) is 12.3 Å². The predicted octanol–water partition coefficient (Wildman–Crippen LogP) is 2.43. The second kappa shape index (κ2) is 5.68. The number of rotatable bonds is 3. The van der Waals surface area contributed by atoms with Crippen LogP contribution in [0.4, 0.5) is 13.2 Å². The van der Waals surface area contributed by atoms with Gasteiger partial charge in [0.1, 0.15) is 11.4 Å². The number of hydrogen-bond acceptors (Lipinski definition) is 3. The zero-order chi connectivity index (χ0) is 14.6. The molecule has 2 rings (SSSR count). The Bertz CT molecular complexity index is 582. The minimum absolute atomic E-state index is 0.0839. The lowest BCUT2D eigenvalue weighted by molar-refractivity contribution is -0.141. The normalized spacial score (nSPS) is 11.2. The van der Waals surface area contributed by atoms with Crippen molar-refractivity contribution in [1.29, 1.82) is 0 Å². The van der Waals surface area contributed by atoms with E-state index in [0.29, 0.717) is 5.56 Å². The van der Waals surface area contributed by atoms with Crippen molar-refractivity contribution in [2.75, 3.05) is 0 Å². The van der Waals surface area contributed by atoms with E-state index in [9.17, 15) is 18.0 Å². The molecule has 0 aliphatic carbocycles. The number of nitrogens with one attached hydrogen (secondary N) is 1. The molecule has 0 aromatic carbocycles. The third-order valence-corrected chi connectivity index (χ3v) is 2.47. The lowest BCUT2D eigenvalue weighted by atomic mass is 10.2. The number of nitrogens with zero attached hydrogens (tertiary/aromatic N) is 2. The standard InChI is InChI=1S/C13H10F3N3O/c14-13(15,16)11-5-4-9(7-18-11)8-19-12(20)10-3-1-2-6-17-10/h1-7H,8H2,(H,19,20). The van der Waals surface area contributed by atoms with E-state index in [1.165, 1.54) is 12.3 Å². The van der Waals surface area contributed by atoms with Crippen molar-refractivity contribution in [2.45, 2.75) is 12.7 Å². The number of amides is 1. The Balaban J connectivity index is 1.96. The summed E-state index contributed by atoms with van der Waals surface area (Å²) in [5.41, 5.74) is -0.244. The molecule has 0 bridgehead atoms. The molecule has 0 saturated carbocycles. The third kappa shape index (κ3) is 3.53. The van der Waals surface area contributed by atoms with Crippen LogP contribution in [0.2, 0.25) is 0 Å². The Morgan fingerprint density at radius 3 is 2.50 bits per heavy atom. The second-order valence-corrected chi connectivity index (χ2v) is 3.95. The molecule has 7 heteroatoms. The van der Waals surface area contributed by atoms with E-state index in [1.54, 1.807) is 18.2 Å². The summed E-state index contributed by atoms with van der Waals surface area (Å²) in [6.07, 6.45) is -1.90. The van der Waals surface area contributed by atoms with Crippen molar-refractivity contribution in [3.8, 4) is 0 Å². The summed E-state index contributed by atoms with van der Waals surface area (Å²) >= 11 is 0. The van der Waals surface area contributed by atoms with Crippen molar-refractivity contribution in [1.82, 2.24) is 15.3 Å². The number of hydrogen-bond donors (Lipinski definition) is 1. The first-order chi connectivity index (χ1) is 9.47. The molecule has 0 aliphatic rings. The van der Waals surface area contributed by atoms with Crippen molar-refractivity contribution in [3.05, 3.63) is 59.7 Å². The second-order valence-electron chi connectivity index (χ2n) is 3.95. The lowest BCUT2D eigenvalue weighted by Crippen LogP contribution is -2.23. The molecule has 2 aromatic rings. The summed E-state index contributed by atoms with van der Waals surface area (Å²) in [5, 5.41) is 2.55. The Kier molecular flexibility index (Phi) is 3.97. The minimum atomic E-state index is -4.46. The van der Waals surface area contributed by atoms with E-state index < -0.39 is 17.8 Å². The van der Waals surface area contributed by atoms with Crippen LogP contribution in [0.3, 0.4) is 0 Å². The van der Waals surface area contributed by atoms with Gasteiger partial charge in [-0.15, -0.1) is 0 Å². The first kappa shape index (κ1) is 14.0. The SMILES string of the molecule is O=C(NCc1ccc(C(F)(F)F)nc1)c1ccccn1. The molecule has 20 heavy (non-hydrogen) atoms. The molecule has 4 nitrogen and oxygen atoms in total. The quantitative estimate of drug-likeness (QED) is 0.940. The van der Waals surface area contributed by atoms with Gasteiger partial charge in [0.05, 0.1) is 0 Å². The van der Waals surface area contributed by atoms with E-state index >= 15 is 0 Å². The summed E-state index contributed by atoms with van der Waals surface area (Å²) in [7, 11) is 0. The third-order valence-electron chi connectivity index (χ3n) is 2.47. The molecule has 0 radical (unpaired) electrons. The van der Waals surface area contributed by atoms with E-state index in [2.05, 4.69) is 15.3 Å². The molecule has 2 heterocycles. The van der Waals surface area contributed by atoms with Gasteiger partial charge in [0.15, 0.2) is 0 Å². The van der Waals surface area contributed by atoms with Crippen LogP contribution in [0.1, 0.15) is 21.7 Å². The summed E-state index contributed by atoms with van der Waals surface area (Å²) < 4.78 is 36.9. The van der Waals surface area contributed by atoms with Crippen molar-refractivity contribution >= 4 is 5.91 Å². The summed E-state index contributed by atoms with van der Waals surface area (Å²) in [4.78, 5) is 18.8. The molecular formula is C13H10F3N3O. The van der Waals surface area contributed by atoms with E-state index in [4.69, 9.17) is 0 Å². The molecular weight excluding hydrogens is 271 g/mol. The van der Waals surface area contributed by atoms with Crippen LogP contribution in [0.15, 0.2) is 42.7 Å². The molecule has 1 amide bonds. The smallest absolute Gasteiger partial charge is 0.347 e. The molecule has 1 N–H and O–H groups in total. The summed E-state index contributed by atoms with van der Waals surface area (Å²) in [6.45, 7) is 0.0839. The van der Waals surface area contributed by atoms with E-state index in [1.807, 2.05) is 0 Å². The monoisotopic (exact) mass is 281 g/mol. The molecule has 0 atom stereocenters. The Hall–Kier alpha value is -2.44. The Morgan fingerprint density at radius 2 is 1.95 bits per heavy atom. The van der Waals surface area contributed by atoms with Crippen molar-refractivity contribution in [2.24, 2.45) is 0 Å². The topological polar surface area (TPSA) is 54.9 Å². The first-order valence-electron chi connectivity index (χ1n) is 5.68. The van der Waals surface area contributed by atoms with Crippen LogP contribution in [-0.2, 0) is 12.7 Å². The maximum absolute atomic E-state index is 12.3. The van der Waals surface area contributed by atoms with Gasteiger partial charge in [-0.2, -0.15) is 13.2 Å². The highest BCUT2D eigenvalue weighted by molar-refractivity contribution is 5.92. The van der Waals surface area contributed by atoms with Gasteiger partial charge >= 0.3 is 6.18 Å². The van der Waals surface area contributed by atoms with Gasteiger partial charge in [0.2, 0.25) is 0 Å². The minimum Gasteiger partial charge on any atom is -0.347 e. The van der Waals surface area contributed by atoms with Gasteiger partial charge in [0.25, 0.3) is 5.91 Å². The van der Waals surface area contributed by atoms with Crippen LogP contribution in [0, 0.1) is 0 Å². The number of aromatic nitrogens is 2. The average molecular weight is 281 g/mol. The Morgan fingerprint density at radius 1 is 1.15 bits per heavy atom. The number of carbonyl (C=O) groups is 1. The number of halogens is 3. The van der Waals surface area contributed by atoms with Crippen LogP contribution in [0.25, 0.3) is 0 Å². The van der Waals surface area contributed by atoms with Crippen LogP contribution >= 0.6 is 0 Å². The van der Waals surface area contributed by atoms with Gasteiger partial charge in [-0.05, 0) is 23.8 Å².